The van der Waals surface area contributed by atoms with E-state index >= 15 is 0 Å². The quantitative estimate of drug-likeness (QED) is 0.626. The fraction of sp³-hybridized carbons (Fsp3) is 0.462. The SMILES string of the molecule is C[C@](O)(c1ccc(C(=O)N(C2CCC(c3ccc(C(N)=O)cc3)CC2)C2CC2)cc1)C(F)(F)F. The fourth-order valence-corrected chi connectivity index (χ4v) is 4.84. The van der Waals surface area contributed by atoms with Gasteiger partial charge in [0, 0.05) is 23.2 Å². The van der Waals surface area contributed by atoms with Gasteiger partial charge in [-0.2, -0.15) is 13.2 Å². The molecule has 2 aromatic carbocycles. The van der Waals surface area contributed by atoms with E-state index in [0.717, 1.165) is 44.1 Å². The van der Waals surface area contributed by atoms with Crippen LogP contribution in [-0.4, -0.2) is 40.1 Å². The summed E-state index contributed by atoms with van der Waals surface area (Å²) >= 11 is 0. The van der Waals surface area contributed by atoms with Gasteiger partial charge in [-0.25, -0.2) is 0 Å². The van der Waals surface area contributed by atoms with Crippen molar-refractivity contribution in [2.45, 2.75) is 75.2 Å². The molecule has 1 atom stereocenters. The normalized spacial score (nSPS) is 22.6. The molecule has 2 aliphatic rings. The van der Waals surface area contributed by atoms with Gasteiger partial charge in [0.25, 0.3) is 5.91 Å². The Labute approximate surface area is 196 Å². The van der Waals surface area contributed by atoms with Crippen LogP contribution in [0.3, 0.4) is 0 Å². The lowest BCUT2D eigenvalue weighted by atomic mass is 9.81. The molecular formula is C26H29F3N2O3. The number of primary amides is 1. The molecule has 2 aromatic rings. The van der Waals surface area contributed by atoms with Gasteiger partial charge in [-0.1, -0.05) is 24.3 Å². The summed E-state index contributed by atoms with van der Waals surface area (Å²) in [6.45, 7) is 0.709. The molecule has 4 rings (SSSR count). The van der Waals surface area contributed by atoms with Crippen LogP contribution in [0.15, 0.2) is 48.5 Å². The minimum atomic E-state index is -4.81. The monoisotopic (exact) mass is 474 g/mol. The van der Waals surface area contributed by atoms with E-state index in [1.54, 1.807) is 12.1 Å². The number of hydrogen-bond donors (Lipinski definition) is 2. The first-order chi connectivity index (χ1) is 16.0. The second-order valence-electron chi connectivity index (χ2n) is 9.58. The molecule has 2 amide bonds. The molecule has 34 heavy (non-hydrogen) atoms. The number of hydrogen-bond acceptors (Lipinski definition) is 3. The third-order valence-electron chi connectivity index (χ3n) is 7.18. The Bertz CT molecular complexity index is 1040. The molecule has 8 heteroatoms. The van der Waals surface area contributed by atoms with E-state index in [0.29, 0.717) is 24.0 Å². The predicted octanol–water partition coefficient (Wildman–Crippen LogP) is 4.89. The van der Waals surface area contributed by atoms with Gasteiger partial charge in [0.2, 0.25) is 5.91 Å². The zero-order chi connectivity index (χ0) is 24.7. The van der Waals surface area contributed by atoms with Crippen LogP contribution in [0, 0.1) is 0 Å². The van der Waals surface area contributed by atoms with E-state index in [1.807, 2.05) is 17.0 Å². The van der Waals surface area contributed by atoms with E-state index in [2.05, 4.69) is 0 Å². The molecule has 0 aliphatic heterocycles. The van der Waals surface area contributed by atoms with Gasteiger partial charge < -0.3 is 15.7 Å². The van der Waals surface area contributed by atoms with E-state index in [4.69, 9.17) is 5.73 Å². The molecule has 2 saturated carbocycles. The third kappa shape index (κ3) is 4.82. The molecule has 0 radical (unpaired) electrons. The summed E-state index contributed by atoms with van der Waals surface area (Å²) in [5.41, 5.74) is 4.01. The van der Waals surface area contributed by atoms with Crippen molar-refractivity contribution in [2.75, 3.05) is 0 Å². The van der Waals surface area contributed by atoms with Gasteiger partial charge in [0.05, 0.1) is 0 Å². The second-order valence-corrected chi connectivity index (χ2v) is 9.58. The van der Waals surface area contributed by atoms with Crippen molar-refractivity contribution in [1.29, 1.82) is 0 Å². The van der Waals surface area contributed by atoms with Crippen molar-refractivity contribution >= 4 is 11.8 Å². The average molecular weight is 475 g/mol. The summed E-state index contributed by atoms with van der Waals surface area (Å²) in [6.07, 6.45) is 0.547. The molecular weight excluding hydrogens is 445 g/mol. The number of carbonyl (C=O) groups excluding carboxylic acids is 2. The Morgan fingerprint density at radius 2 is 1.32 bits per heavy atom. The van der Waals surface area contributed by atoms with Gasteiger partial charge in [-0.05, 0) is 86.8 Å². The summed E-state index contributed by atoms with van der Waals surface area (Å²) in [6, 6.07) is 12.7. The standard InChI is InChI=1S/C26H29F3N2O3/c1-25(34,26(27,28)29)20-10-6-19(7-11-20)24(33)31(22-14-15-22)21-12-8-17(9-13-21)16-2-4-18(5-3-16)23(30)32/h2-7,10-11,17,21-22,34H,8-9,12-15H2,1H3,(H2,30,32)/t17?,21?,25-/m0/s1. The highest BCUT2D eigenvalue weighted by atomic mass is 19.4. The number of alkyl halides is 3. The fourth-order valence-electron chi connectivity index (χ4n) is 4.84. The first-order valence-corrected chi connectivity index (χ1v) is 11.6. The molecule has 5 nitrogen and oxygen atoms in total. The molecule has 0 bridgehead atoms. The number of nitrogens with zero attached hydrogens (tertiary/aromatic N) is 1. The largest absolute Gasteiger partial charge is 0.421 e. The summed E-state index contributed by atoms with van der Waals surface area (Å²) in [7, 11) is 0. The summed E-state index contributed by atoms with van der Waals surface area (Å²) in [4.78, 5) is 26.5. The van der Waals surface area contributed by atoms with Crippen molar-refractivity contribution in [3.63, 3.8) is 0 Å². The molecule has 3 N–H and O–H groups in total. The Morgan fingerprint density at radius 3 is 1.76 bits per heavy atom. The Kier molecular flexibility index (Phi) is 6.46. The zero-order valence-electron chi connectivity index (χ0n) is 19.0. The average Bonchev–Trinajstić information content (AvgIpc) is 3.64. The van der Waals surface area contributed by atoms with E-state index < -0.39 is 17.7 Å². The number of rotatable bonds is 6. The second kappa shape index (κ2) is 9.06. The van der Waals surface area contributed by atoms with Gasteiger partial charge in [0.1, 0.15) is 0 Å². The Morgan fingerprint density at radius 1 is 0.853 bits per heavy atom. The molecule has 0 unspecified atom stereocenters. The highest BCUT2D eigenvalue weighted by molar-refractivity contribution is 5.95. The lowest BCUT2D eigenvalue weighted by Gasteiger charge is -2.37. The van der Waals surface area contributed by atoms with Crippen molar-refractivity contribution in [2.24, 2.45) is 5.73 Å². The first kappa shape index (κ1) is 24.3. The maximum atomic E-state index is 13.3. The van der Waals surface area contributed by atoms with Crippen molar-refractivity contribution < 1.29 is 27.9 Å². The summed E-state index contributed by atoms with van der Waals surface area (Å²) in [5.74, 6) is -0.280. The maximum absolute atomic E-state index is 13.3. The van der Waals surface area contributed by atoms with Crippen LogP contribution in [0.25, 0.3) is 0 Å². The smallest absolute Gasteiger partial charge is 0.376 e. The minimum Gasteiger partial charge on any atom is -0.376 e. The molecule has 2 fully saturated rings. The molecule has 2 aliphatic carbocycles. The van der Waals surface area contributed by atoms with Gasteiger partial charge in [-0.15, -0.1) is 0 Å². The van der Waals surface area contributed by atoms with Gasteiger partial charge in [0.15, 0.2) is 5.60 Å². The van der Waals surface area contributed by atoms with Crippen LogP contribution in [0.1, 0.15) is 83.2 Å². The van der Waals surface area contributed by atoms with Crippen LogP contribution in [0.2, 0.25) is 0 Å². The number of benzene rings is 2. The lowest BCUT2D eigenvalue weighted by molar-refractivity contribution is -0.258. The molecule has 0 saturated heterocycles. The first-order valence-electron chi connectivity index (χ1n) is 11.6. The molecule has 0 spiro atoms. The van der Waals surface area contributed by atoms with Gasteiger partial charge >= 0.3 is 6.18 Å². The van der Waals surface area contributed by atoms with Crippen molar-refractivity contribution in [1.82, 2.24) is 4.90 Å². The summed E-state index contributed by atoms with van der Waals surface area (Å²) in [5, 5.41) is 9.88. The van der Waals surface area contributed by atoms with Gasteiger partial charge in [-0.3, -0.25) is 9.59 Å². The number of amides is 2. The lowest BCUT2D eigenvalue weighted by Crippen LogP contribution is -2.43. The number of aliphatic hydroxyl groups is 1. The number of carbonyl (C=O) groups is 2. The van der Waals surface area contributed by atoms with Crippen LogP contribution in [-0.2, 0) is 5.60 Å². The summed E-state index contributed by atoms with van der Waals surface area (Å²) < 4.78 is 39.4. The third-order valence-corrected chi connectivity index (χ3v) is 7.18. The maximum Gasteiger partial charge on any atom is 0.421 e. The number of nitrogens with two attached hydrogens (primary N) is 1. The van der Waals surface area contributed by atoms with E-state index in [-0.39, 0.29) is 23.6 Å². The molecule has 0 heterocycles. The number of halogens is 3. The Balaban J connectivity index is 1.44. The highest BCUT2D eigenvalue weighted by Gasteiger charge is 2.51. The highest BCUT2D eigenvalue weighted by Crippen LogP contribution is 2.41. The van der Waals surface area contributed by atoms with Crippen molar-refractivity contribution in [3.05, 3.63) is 70.8 Å². The Hall–Kier alpha value is -2.87. The van der Waals surface area contributed by atoms with Crippen LogP contribution in [0.5, 0.6) is 0 Å². The van der Waals surface area contributed by atoms with E-state index in [9.17, 15) is 27.9 Å². The topological polar surface area (TPSA) is 83.6 Å². The predicted molar refractivity (Wildman–Crippen MR) is 121 cm³/mol. The van der Waals surface area contributed by atoms with Crippen molar-refractivity contribution in [3.8, 4) is 0 Å². The molecule has 182 valence electrons. The van der Waals surface area contributed by atoms with Crippen LogP contribution < -0.4 is 5.73 Å². The van der Waals surface area contributed by atoms with E-state index in [1.165, 1.54) is 24.3 Å². The van der Waals surface area contributed by atoms with Crippen LogP contribution >= 0.6 is 0 Å². The van der Waals surface area contributed by atoms with Crippen LogP contribution in [0.4, 0.5) is 13.2 Å². The molecule has 0 aromatic heterocycles. The zero-order valence-corrected chi connectivity index (χ0v) is 19.0. The minimum absolute atomic E-state index is 0.0825.